The maximum absolute atomic E-state index is 4.77. The van der Waals surface area contributed by atoms with Crippen molar-refractivity contribution in [3.63, 3.8) is 0 Å². The Kier molecular flexibility index (Phi) is 12.1. The van der Waals surface area contributed by atoms with Crippen LogP contribution in [0.4, 0.5) is 17.5 Å². The Morgan fingerprint density at radius 3 is 1.56 bits per heavy atom. The molecule has 15 nitrogen and oxygen atoms in total. The summed E-state index contributed by atoms with van der Waals surface area (Å²) in [6.45, 7) is 2.14. The van der Waals surface area contributed by atoms with Gasteiger partial charge in [0.25, 0.3) is 0 Å². The Morgan fingerprint density at radius 1 is 0.508 bits per heavy atom. The van der Waals surface area contributed by atoms with Gasteiger partial charge in [-0.3, -0.25) is 15.0 Å². The normalized spacial score (nSPS) is 14.5. The Hall–Kier alpha value is -5.85. The largest absolute Gasteiger partial charge is 0.366 e. The Balaban J connectivity index is 0.000000112. The summed E-state index contributed by atoms with van der Waals surface area (Å²) in [6.07, 6.45) is 23.7. The van der Waals surface area contributed by atoms with E-state index in [1.54, 1.807) is 37.2 Å². The molecule has 3 saturated carbocycles. The van der Waals surface area contributed by atoms with E-state index in [0.717, 1.165) is 82.4 Å². The van der Waals surface area contributed by atoms with Gasteiger partial charge in [0.2, 0.25) is 0 Å². The number of nitrogens with one attached hydrogen (secondary N) is 3. The maximum atomic E-state index is 4.77. The number of fused-ring (bicyclic) bond motifs is 3. The fraction of sp³-hybridized carbons (Fsp3) is 0.267. The van der Waals surface area contributed by atoms with Crippen LogP contribution in [0.5, 0.6) is 0 Å². The third-order valence-electron chi connectivity index (χ3n) is 10.9. The molecule has 0 saturated heterocycles. The molecule has 9 aromatic heterocycles. The van der Waals surface area contributed by atoms with Gasteiger partial charge in [-0.05, 0) is 121 Å². The van der Waals surface area contributed by atoms with E-state index in [-0.39, 0.29) is 0 Å². The van der Waals surface area contributed by atoms with Crippen LogP contribution in [0, 0.1) is 0 Å². The zero-order chi connectivity index (χ0) is 42.7. The summed E-state index contributed by atoms with van der Waals surface area (Å²) >= 11 is 10.8. The third-order valence-corrected chi connectivity index (χ3v) is 12.8. The number of aromatic nitrogens is 12. The summed E-state index contributed by atoms with van der Waals surface area (Å²) in [5, 5.41) is 23.5. The molecule has 0 atom stereocenters. The van der Waals surface area contributed by atoms with E-state index >= 15 is 0 Å². The number of halogens is 3. The molecule has 3 fully saturated rings. The van der Waals surface area contributed by atoms with Gasteiger partial charge in [0.1, 0.15) is 17.5 Å². The van der Waals surface area contributed by atoms with Crippen LogP contribution in [-0.4, -0.2) is 58.7 Å². The summed E-state index contributed by atoms with van der Waals surface area (Å²) in [5.41, 5.74) is 9.47. The molecule has 3 N–H and O–H groups in total. The highest BCUT2D eigenvalue weighted by Gasteiger charge is 2.31. The Labute approximate surface area is 388 Å². The summed E-state index contributed by atoms with van der Waals surface area (Å²) < 4.78 is 8.35. The summed E-state index contributed by atoms with van der Waals surface area (Å²) in [5.74, 6) is 4.69. The van der Waals surface area contributed by atoms with Gasteiger partial charge in [0.05, 0.1) is 37.7 Å². The second-order valence-corrected chi connectivity index (χ2v) is 18.3. The van der Waals surface area contributed by atoms with E-state index in [0.29, 0.717) is 30.8 Å². The summed E-state index contributed by atoms with van der Waals surface area (Å²) in [4.78, 5) is 26.6. The lowest BCUT2D eigenvalue weighted by Gasteiger charge is -2.13. The predicted octanol–water partition coefficient (Wildman–Crippen LogP) is 10.1. The van der Waals surface area contributed by atoms with Crippen LogP contribution < -0.4 is 16.0 Å². The van der Waals surface area contributed by atoms with Crippen molar-refractivity contribution in [1.82, 2.24) is 58.7 Å². The van der Waals surface area contributed by atoms with Crippen molar-refractivity contribution in [3.8, 4) is 0 Å². The van der Waals surface area contributed by atoms with E-state index in [9.17, 15) is 0 Å². The van der Waals surface area contributed by atoms with Crippen molar-refractivity contribution in [3.05, 3.63) is 158 Å². The highest BCUT2D eigenvalue weighted by Crippen LogP contribution is 2.45. The zero-order valence-corrected chi connectivity index (χ0v) is 38.7. The van der Waals surface area contributed by atoms with Crippen LogP contribution in [0.3, 0.4) is 0 Å². The number of hydrogen-bond donors (Lipinski definition) is 3. The molecule has 9 heterocycles. The Morgan fingerprint density at radius 2 is 1.02 bits per heavy atom. The first kappa shape index (κ1) is 41.2. The molecule has 0 aromatic carbocycles. The summed E-state index contributed by atoms with van der Waals surface area (Å²) in [7, 11) is 0. The van der Waals surface area contributed by atoms with Crippen molar-refractivity contribution < 1.29 is 0 Å². The Bertz CT molecular complexity index is 2980. The van der Waals surface area contributed by atoms with E-state index in [1.165, 1.54) is 44.2 Å². The first-order valence-electron chi connectivity index (χ1n) is 20.9. The minimum Gasteiger partial charge on any atom is -0.366 e. The molecule has 63 heavy (non-hydrogen) atoms. The van der Waals surface area contributed by atoms with Crippen molar-refractivity contribution in [2.45, 2.75) is 75.9 Å². The van der Waals surface area contributed by atoms with Crippen molar-refractivity contribution in [1.29, 1.82) is 0 Å². The molecule has 0 amide bonds. The maximum Gasteiger partial charge on any atom is 0.172 e. The third kappa shape index (κ3) is 9.72. The highest BCUT2D eigenvalue weighted by atomic mass is 79.9. The van der Waals surface area contributed by atoms with Crippen LogP contribution in [-0.2, 0) is 19.6 Å². The van der Waals surface area contributed by atoms with Crippen molar-refractivity contribution >= 4 is 82.2 Å². The molecule has 0 radical (unpaired) electrons. The zero-order valence-electron chi connectivity index (χ0n) is 34.0. The van der Waals surface area contributed by atoms with E-state index < -0.39 is 0 Å². The van der Waals surface area contributed by atoms with E-state index in [2.05, 4.69) is 123 Å². The number of anilines is 3. The summed E-state index contributed by atoms with van der Waals surface area (Å²) in [6, 6.07) is 18.2. The topological polar surface area (TPSA) is 165 Å². The lowest BCUT2D eigenvalue weighted by atomic mass is 10.2. The molecular weight excluding hydrogens is 990 g/mol. The van der Waals surface area contributed by atoms with Crippen LogP contribution in [0.25, 0.3) is 16.9 Å². The van der Waals surface area contributed by atoms with Crippen molar-refractivity contribution in [2.75, 3.05) is 16.0 Å². The monoisotopic (exact) mass is 1030 g/mol. The molecule has 318 valence electrons. The van der Waals surface area contributed by atoms with Crippen LogP contribution in [0.1, 0.15) is 90.1 Å². The van der Waals surface area contributed by atoms with Gasteiger partial charge in [0, 0.05) is 104 Å². The van der Waals surface area contributed by atoms with Gasteiger partial charge in [0.15, 0.2) is 16.9 Å². The average Bonchev–Trinajstić information content (AvgIpc) is 4.26. The van der Waals surface area contributed by atoms with Gasteiger partial charge in [-0.2, -0.15) is 28.8 Å². The van der Waals surface area contributed by atoms with Gasteiger partial charge < -0.3 is 16.0 Å². The number of rotatable bonds is 12. The molecular formula is C45H42Br3N15. The molecule has 3 aliphatic carbocycles. The smallest absolute Gasteiger partial charge is 0.172 e. The minimum atomic E-state index is 0.556. The lowest BCUT2D eigenvalue weighted by Crippen LogP contribution is -2.09. The molecule has 0 bridgehead atoms. The first-order chi connectivity index (χ1) is 30.9. The predicted molar refractivity (Wildman–Crippen MR) is 253 cm³/mol. The molecule has 9 aromatic rings. The molecule has 0 spiro atoms. The molecule has 0 unspecified atom stereocenters. The quantitative estimate of drug-likeness (QED) is 0.106. The van der Waals surface area contributed by atoms with Crippen LogP contribution in [0.15, 0.2) is 124 Å². The van der Waals surface area contributed by atoms with Gasteiger partial charge in [-0.1, -0.05) is 18.2 Å². The molecule has 3 aliphatic rings. The van der Waals surface area contributed by atoms with Gasteiger partial charge >= 0.3 is 0 Å². The average molecular weight is 1030 g/mol. The lowest BCUT2D eigenvalue weighted by molar-refractivity contribution is 0.889. The van der Waals surface area contributed by atoms with Crippen LogP contribution >= 0.6 is 47.8 Å². The van der Waals surface area contributed by atoms with E-state index in [4.69, 9.17) is 9.97 Å². The fourth-order valence-corrected chi connectivity index (χ4v) is 8.56. The number of pyridine rings is 3. The molecule has 18 heteroatoms. The van der Waals surface area contributed by atoms with Crippen LogP contribution in [0.2, 0.25) is 0 Å². The second-order valence-electron chi connectivity index (χ2n) is 15.8. The van der Waals surface area contributed by atoms with E-state index in [1.807, 2.05) is 62.5 Å². The van der Waals surface area contributed by atoms with Crippen molar-refractivity contribution in [2.24, 2.45) is 0 Å². The van der Waals surface area contributed by atoms with Gasteiger partial charge in [-0.25, -0.2) is 15.0 Å². The highest BCUT2D eigenvalue weighted by molar-refractivity contribution is 9.11. The minimum absolute atomic E-state index is 0.556. The molecule has 0 aliphatic heterocycles. The van der Waals surface area contributed by atoms with Gasteiger partial charge in [-0.15, -0.1) is 0 Å². The first-order valence-corrected chi connectivity index (χ1v) is 23.3. The molecule has 12 rings (SSSR count). The standard InChI is InChI=1S/C15H13Br2N5.C15H14BrN5.C15H15N5/c16-11-8-20-22-14(11)21-13(10-3-4-10)12(17)15(22)19-7-9-2-1-5-18-6-9;16-12-9-19-21-14(18-8-10-2-1-5-17-7-10)6-13(11-3-4-11)20-15(12)21;1-2-11(9-16-6-1)10-17-15-8-13(12-3-4-12)19-14-5-7-18-20(14)15/h1-2,5-6,8,10,19H,3-4,7H2;1-2,5-7,9,11,18H,3-4,8H2;1-2,5-9,12,17H,3-4,10H2. The SMILES string of the molecule is Brc1c(C2CC2)nc2c(Br)cnn2c1NCc1cccnc1.Brc1cnn2c(NCc3cccnc3)cc(C3CC3)nc12.c1cncc(CNc2cc(C3CC3)nc3ccnn23)c1. The fourth-order valence-electron chi connectivity index (χ4n) is 7.14. The second kappa shape index (κ2) is 18.5. The number of hydrogen-bond acceptors (Lipinski definition) is 12. The number of nitrogens with zero attached hydrogens (tertiary/aromatic N) is 12.